The lowest BCUT2D eigenvalue weighted by Crippen LogP contribution is -2.33. The Morgan fingerprint density at radius 2 is 1.64 bits per heavy atom. The molecule has 3 atom stereocenters. The smallest absolute Gasteiger partial charge is 0.395 e. The van der Waals surface area contributed by atoms with Crippen molar-refractivity contribution in [2.45, 2.75) is 31.8 Å². The number of hydrogen-bond donors (Lipinski definition) is 2. The zero-order chi connectivity index (χ0) is 23.4. The van der Waals surface area contributed by atoms with Crippen molar-refractivity contribution in [2.24, 2.45) is 0 Å². The Kier molecular flexibility index (Phi) is 6.80. The molecular weight excluding hydrogens is 451 g/mol. The van der Waals surface area contributed by atoms with Crippen LogP contribution in [0.25, 0.3) is 0 Å². The SMILES string of the molecule is Cc1cn([C@H]2C[C@H](O)[C@@H](COP(=O)(Oc3ccccc3)Oc3ccccc3)O2)c(=O)[nH]c1=O. The summed E-state index contributed by atoms with van der Waals surface area (Å²) in [5, 5.41) is 10.4. The van der Waals surface area contributed by atoms with Crippen molar-refractivity contribution in [2.75, 3.05) is 6.61 Å². The fourth-order valence-corrected chi connectivity index (χ4v) is 4.52. The van der Waals surface area contributed by atoms with Crippen LogP contribution in [0.15, 0.2) is 76.4 Å². The highest BCUT2D eigenvalue weighted by Gasteiger charge is 2.39. The largest absolute Gasteiger partial charge is 0.587 e. The molecule has 1 aromatic heterocycles. The first kappa shape index (κ1) is 23.0. The third kappa shape index (κ3) is 5.61. The maximum atomic E-state index is 13.4. The van der Waals surface area contributed by atoms with E-state index in [2.05, 4.69) is 4.98 Å². The molecule has 0 radical (unpaired) electrons. The zero-order valence-electron chi connectivity index (χ0n) is 17.7. The summed E-state index contributed by atoms with van der Waals surface area (Å²) >= 11 is 0. The van der Waals surface area contributed by atoms with Gasteiger partial charge in [0.1, 0.15) is 23.8 Å². The van der Waals surface area contributed by atoms with Gasteiger partial charge in [-0.15, -0.1) is 0 Å². The number of benzene rings is 2. The highest BCUT2D eigenvalue weighted by molar-refractivity contribution is 7.49. The molecule has 0 bridgehead atoms. The molecule has 1 aliphatic rings. The van der Waals surface area contributed by atoms with Crippen LogP contribution in [0.5, 0.6) is 11.5 Å². The second-order valence-electron chi connectivity index (χ2n) is 7.46. The van der Waals surface area contributed by atoms with E-state index in [1.165, 1.54) is 10.8 Å². The Bertz CT molecular complexity index is 1200. The first-order chi connectivity index (χ1) is 15.8. The van der Waals surface area contributed by atoms with Gasteiger partial charge in [0.05, 0.1) is 12.7 Å². The van der Waals surface area contributed by atoms with Gasteiger partial charge in [0.2, 0.25) is 0 Å². The Hall–Kier alpha value is -3.17. The van der Waals surface area contributed by atoms with Crippen LogP contribution >= 0.6 is 7.82 Å². The number of para-hydroxylation sites is 2. The summed E-state index contributed by atoms with van der Waals surface area (Å²) < 4.78 is 37.0. The third-order valence-electron chi connectivity index (χ3n) is 4.98. The summed E-state index contributed by atoms with van der Waals surface area (Å²) in [7, 11) is -4.16. The van der Waals surface area contributed by atoms with Gasteiger partial charge in [0.25, 0.3) is 5.56 Å². The number of H-pyrrole nitrogens is 1. The summed E-state index contributed by atoms with van der Waals surface area (Å²) in [6.07, 6.45) is -1.33. The van der Waals surface area contributed by atoms with E-state index in [4.69, 9.17) is 18.3 Å². The Balaban J connectivity index is 1.49. The van der Waals surface area contributed by atoms with Crippen molar-refractivity contribution >= 4 is 7.82 Å². The number of nitrogens with one attached hydrogen (secondary N) is 1. The van der Waals surface area contributed by atoms with Crippen LogP contribution in [0.1, 0.15) is 18.2 Å². The molecule has 3 aromatic rings. The Morgan fingerprint density at radius 3 is 2.21 bits per heavy atom. The number of aliphatic hydroxyl groups is 1. The van der Waals surface area contributed by atoms with Crippen LogP contribution in [-0.4, -0.2) is 33.5 Å². The molecular formula is C22H23N2O8P. The normalized spacial score (nSPS) is 20.5. The second kappa shape index (κ2) is 9.76. The molecule has 1 saturated heterocycles. The number of rotatable bonds is 8. The summed E-state index contributed by atoms with van der Waals surface area (Å²) in [5.74, 6) is 0.551. The lowest BCUT2D eigenvalue weighted by Gasteiger charge is -2.22. The second-order valence-corrected chi connectivity index (χ2v) is 8.98. The molecule has 0 aliphatic carbocycles. The maximum absolute atomic E-state index is 13.4. The average Bonchev–Trinajstić information content (AvgIpc) is 3.16. The fraction of sp³-hybridized carbons (Fsp3) is 0.273. The topological polar surface area (TPSA) is 129 Å². The van der Waals surface area contributed by atoms with E-state index in [0.717, 1.165) is 0 Å². The minimum atomic E-state index is -4.16. The van der Waals surface area contributed by atoms with Gasteiger partial charge in [0, 0.05) is 18.2 Å². The molecule has 11 heteroatoms. The number of aromatic amines is 1. The van der Waals surface area contributed by atoms with Gasteiger partial charge in [-0.25, -0.2) is 9.36 Å². The molecule has 174 valence electrons. The first-order valence-electron chi connectivity index (χ1n) is 10.2. The molecule has 0 amide bonds. The molecule has 33 heavy (non-hydrogen) atoms. The van der Waals surface area contributed by atoms with Crippen LogP contribution in [0.2, 0.25) is 0 Å². The zero-order valence-corrected chi connectivity index (χ0v) is 18.6. The van der Waals surface area contributed by atoms with E-state index < -0.39 is 37.5 Å². The standard InChI is InChI=1S/C22H23N2O8P/c1-15-13-24(22(27)23-21(15)26)20-12-18(25)19(30-20)14-29-33(28,31-16-8-4-2-5-9-16)32-17-10-6-3-7-11-17/h2-11,13,18-20,25H,12,14H2,1H3,(H,23,26,27)/t18-,19+,20+/m0/s1. The molecule has 2 heterocycles. The van der Waals surface area contributed by atoms with Crippen molar-refractivity contribution in [3.8, 4) is 11.5 Å². The minimum absolute atomic E-state index is 0.0722. The van der Waals surface area contributed by atoms with Crippen LogP contribution in [0.4, 0.5) is 0 Å². The summed E-state index contributed by atoms with van der Waals surface area (Å²) in [6.45, 7) is 1.23. The number of nitrogens with zero attached hydrogens (tertiary/aromatic N) is 1. The van der Waals surface area contributed by atoms with Crippen molar-refractivity contribution in [1.29, 1.82) is 0 Å². The summed E-state index contributed by atoms with van der Waals surface area (Å²) in [6, 6.07) is 16.8. The number of hydrogen-bond acceptors (Lipinski definition) is 8. The number of aliphatic hydroxyl groups excluding tert-OH is 1. The molecule has 2 N–H and O–H groups in total. The van der Waals surface area contributed by atoms with Crippen LogP contribution < -0.4 is 20.3 Å². The molecule has 1 aliphatic heterocycles. The van der Waals surface area contributed by atoms with Gasteiger partial charge >= 0.3 is 13.5 Å². The summed E-state index contributed by atoms with van der Waals surface area (Å²) in [4.78, 5) is 26.0. The fourth-order valence-electron chi connectivity index (χ4n) is 3.29. The van der Waals surface area contributed by atoms with Crippen LogP contribution in [0.3, 0.4) is 0 Å². The molecule has 0 saturated carbocycles. The van der Waals surface area contributed by atoms with Gasteiger partial charge in [0.15, 0.2) is 0 Å². The molecule has 0 spiro atoms. The number of aryl methyl sites for hydroxylation is 1. The number of phosphoric acid groups is 1. The number of aromatic nitrogens is 2. The van der Waals surface area contributed by atoms with E-state index in [-0.39, 0.29) is 24.5 Å². The van der Waals surface area contributed by atoms with Gasteiger partial charge in [-0.2, -0.15) is 0 Å². The lowest BCUT2D eigenvalue weighted by atomic mass is 10.2. The molecule has 10 nitrogen and oxygen atoms in total. The maximum Gasteiger partial charge on any atom is 0.587 e. The Morgan fingerprint density at radius 1 is 1.06 bits per heavy atom. The van der Waals surface area contributed by atoms with Crippen molar-refractivity contribution in [3.05, 3.63) is 93.3 Å². The third-order valence-corrected chi connectivity index (χ3v) is 6.31. The van der Waals surface area contributed by atoms with E-state index >= 15 is 0 Å². The van der Waals surface area contributed by atoms with Crippen molar-refractivity contribution in [3.63, 3.8) is 0 Å². The van der Waals surface area contributed by atoms with E-state index in [0.29, 0.717) is 5.56 Å². The molecule has 0 unspecified atom stereocenters. The van der Waals surface area contributed by atoms with Gasteiger partial charge < -0.3 is 18.9 Å². The predicted octanol–water partition coefficient (Wildman–Crippen LogP) is 2.78. The lowest BCUT2D eigenvalue weighted by molar-refractivity contribution is -0.0443. The number of phosphoric ester groups is 1. The van der Waals surface area contributed by atoms with Gasteiger partial charge in [-0.3, -0.25) is 18.9 Å². The van der Waals surface area contributed by atoms with Crippen molar-refractivity contribution < 1.29 is 28.0 Å². The minimum Gasteiger partial charge on any atom is -0.395 e. The van der Waals surface area contributed by atoms with E-state index in [1.54, 1.807) is 67.6 Å². The quantitative estimate of drug-likeness (QED) is 0.477. The highest BCUT2D eigenvalue weighted by atomic mass is 31.2. The van der Waals surface area contributed by atoms with E-state index in [9.17, 15) is 19.3 Å². The summed E-state index contributed by atoms with van der Waals surface area (Å²) in [5.41, 5.74) is -0.828. The van der Waals surface area contributed by atoms with Crippen molar-refractivity contribution in [1.82, 2.24) is 9.55 Å². The Labute approximate surface area is 188 Å². The number of ether oxygens (including phenoxy) is 1. The molecule has 1 fully saturated rings. The first-order valence-corrected chi connectivity index (χ1v) is 11.7. The average molecular weight is 474 g/mol. The van der Waals surface area contributed by atoms with Gasteiger partial charge in [-0.1, -0.05) is 36.4 Å². The molecule has 4 rings (SSSR count). The van der Waals surface area contributed by atoms with Crippen LogP contribution in [-0.2, 0) is 13.8 Å². The monoisotopic (exact) mass is 474 g/mol. The predicted molar refractivity (Wildman–Crippen MR) is 118 cm³/mol. The highest BCUT2D eigenvalue weighted by Crippen LogP contribution is 2.50. The van der Waals surface area contributed by atoms with E-state index in [1.807, 2.05) is 0 Å². The van der Waals surface area contributed by atoms with Gasteiger partial charge in [-0.05, 0) is 31.2 Å². The van der Waals surface area contributed by atoms with Crippen LogP contribution in [0, 0.1) is 6.92 Å². The molecule has 2 aromatic carbocycles.